The highest BCUT2D eigenvalue weighted by atomic mass is 19.1. The quantitative estimate of drug-likeness (QED) is 0.783. The molecule has 0 amide bonds. The molecule has 2 unspecified atom stereocenters. The van der Waals surface area contributed by atoms with E-state index < -0.39 is 0 Å². The van der Waals surface area contributed by atoms with Gasteiger partial charge in [0.1, 0.15) is 11.6 Å². The molecule has 1 aromatic carbocycles. The van der Waals surface area contributed by atoms with E-state index in [0.717, 1.165) is 11.3 Å². The maximum Gasteiger partial charge on any atom is 0.125 e. The fraction of sp³-hybridized carbons (Fsp3) is 0.417. The van der Waals surface area contributed by atoms with Gasteiger partial charge in [0.05, 0.1) is 29.7 Å². The van der Waals surface area contributed by atoms with Crippen molar-refractivity contribution in [1.29, 1.82) is 0 Å². The Bertz CT molecular complexity index is 568. The smallest absolute Gasteiger partial charge is 0.125 e. The molecule has 0 saturated carbocycles. The lowest BCUT2D eigenvalue weighted by atomic mass is 9.85. The molecule has 1 saturated heterocycles. The van der Waals surface area contributed by atoms with E-state index in [1.165, 1.54) is 12.1 Å². The number of hydrogen-bond acceptors (Lipinski definition) is 3. The van der Waals surface area contributed by atoms with E-state index >= 15 is 0 Å². The van der Waals surface area contributed by atoms with Gasteiger partial charge in [0.2, 0.25) is 0 Å². The molecule has 2 atom stereocenters. The Balaban J connectivity index is 2.12. The van der Waals surface area contributed by atoms with Gasteiger partial charge in [0, 0.05) is 6.04 Å². The van der Waals surface area contributed by atoms with Crippen LogP contribution >= 0.6 is 0 Å². The molecule has 1 fully saturated rings. The van der Waals surface area contributed by atoms with E-state index in [-0.39, 0.29) is 17.3 Å². The van der Waals surface area contributed by atoms with E-state index in [9.17, 15) is 4.39 Å². The zero-order valence-corrected chi connectivity index (χ0v) is 9.53. The molecular formula is C12H14FN3O. The third-order valence-electron chi connectivity index (χ3n) is 3.50. The van der Waals surface area contributed by atoms with Crippen molar-refractivity contribution in [1.82, 2.24) is 9.97 Å². The highest BCUT2D eigenvalue weighted by Crippen LogP contribution is 2.31. The number of ether oxygens (including phenoxy) is 1. The van der Waals surface area contributed by atoms with Gasteiger partial charge in [-0.2, -0.15) is 0 Å². The Hall–Kier alpha value is -1.46. The Morgan fingerprint density at radius 2 is 2.41 bits per heavy atom. The lowest BCUT2D eigenvalue weighted by Crippen LogP contribution is -2.42. The molecule has 0 spiro atoms. The van der Waals surface area contributed by atoms with Crippen LogP contribution < -0.4 is 5.73 Å². The number of benzene rings is 1. The molecule has 1 aromatic heterocycles. The average Bonchev–Trinajstić information content (AvgIpc) is 2.84. The third kappa shape index (κ3) is 1.54. The van der Waals surface area contributed by atoms with Crippen molar-refractivity contribution in [3.8, 4) is 0 Å². The molecule has 2 heterocycles. The first-order valence-corrected chi connectivity index (χ1v) is 5.59. The molecule has 17 heavy (non-hydrogen) atoms. The van der Waals surface area contributed by atoms with Gasteiger partial charge in [-0.3, -0.25) is 0 Å². The second-order valence-electron chi connectivity index (χ2n) is 4.79. The van der Waals surface area contributed by atoms with E-state index in [4.69, 9.17) is 10.5 Å². The number of halogens is 1. The zero-order chi connectivity index (χ0) is 12.0. The van der Waals surface area contributed by atoms with E-state index in [1.54, 1.807) is 6.07 Å². The summed E-state index contributed by atoms with van der Waals surface area (Å²) < 4.78 is 18.5. The van der Waals surface area contributed by atoms with Crippen LogP contribution in [0.1, 0.15) is 12.7 Å². The minimum atomic E-state index is -0.324. The summed E-state index contributed by atoms with van der Waals surface area (Å²) in [5, 5.41) is 0. The van der Waals surface area contributed by atoms with Crippen LogP contribution in [-0.2, 0) is 10.2 Å². The number of fused-ring (bicyclic) bond motifs is 1. The molecule has 1 aliphatic heterocycles. The van der Waals surface area contributed by atoms with E-state index in [2.05, 4.69) is 9.97 Å². The molecule has 0 radical (unpaired) electrons. The highest BCUT2D eigenvalue weighted by molar-refractivity contribution is 5.75. The first-order valence-electron chi connectivity index (χ1n) is 5.59. The summed E-state index contributed by atoms with van der Waals surface area (Å²) in [7, 11) is 0. The molecule has 2 aromatic rings. The fourth-order valence-corrected chi connectivity index (χ4v) is 2.19. The molecule has 1 aliphatic rings. The summed E-state index contributed by atoms with van der Waals surface area (Å²) in [6, 6.07) is 4.42. The Labute approximate surface area is 98.0 Å². The summed E-state index contributed by atoms with van der Waals surface area (Å²) >= 11 is 0. The number of nitrogens with one attached hydrogen (secondary N) is 1. The number of rotatable bonds is 1. The van der Waals surface area contributed by atoms with Crippen molar-refractivity contribution in [3.05, 3.63) is 29.8 Å². The van der Waals surface area contributed by atoms with Crippen molar-refractivity contribution in [2.24, 2.45) is 5.73 Å². The monoisotopic (exact) mass is 235 g/mol. The molecule has 5 heteroatoms. The zero-order valence-electron chi connectivity index (χ0n) is 9.53. The number of nitrogens with two attached hydrogens (primary N) is 1. The molecule has 3 rings (SSSR count). The average molecular weight is 235 g/mol. The van der Waals surface area contributed by atoms with Crippen molar-refractivity contribution < 1.29 is 9.13 Å². The Morgan fingerprint density at radius 3 is 3.12 bits per heavy atom. The largest absolute Gasteiger partial charge is 0.379 e. The number of imidazole rings is 1. The van der Waals surface area contributed by atoms with Crippen LogP contribution in [0.4, 0.5) is 4.39 Å². The third-order valence-corrected chi connectivity index (χ3v) is 3.50. The van der Waals surface area contributed by atoms with Gasteiger partial charge in [-0.1, -0.05) is 0 Å². The van der Waals surface area contributed by atoms with Crippen LogP contribution in [0.2, 0.25) is 0 Å². The van der Waals surface area contributed by atoms with Gasteiger partial charge in [-0.15, -0.1) is 0 Å². The minimum Gasteiger partial charge on any atom is -0.379 e. The summed E-state index contributed by atoms with van der Waals surface area (Å²) in [6.45, 7) is 3.08. The fourth-order valence-electron chi connectivity index (χ4n) is 2.19. The summed E-state index contributed by atoms with van der Waals surface area (Å²) in [6.07, 6.45) is 0. The van der Waals surface area contributed by atoms with Crippen LogP contribution in [0.25, 0.3) is 11.0 Å². The number of aromatic nitrogens is 2. The normalized spacial score (nSPS) is 29.0. The van der Waals surface area contributed by atoms with Crippen LogP contribution in [0.15, 0.2) is 18.2 Å². The van der Waals surface area contributed by atoms with Crippen LogP contribution in [0.3, 0.4) is 0 Å². The topological polar surface area (TPSA) is 63.9 Å². The Kier molecular flexibility index (Phi) is 2.21. The molecular weight excluding hydrogens is 221 g/mol. The molecule has 0 aliphatic carbocycles. The van der Waals surface area contributed by atoms with E-state index in [1.807, 2.05) is 6.92 Å². The SMILES string of the molecule is CC1(c2nc3ccc(F)cc3[nH]2)COCC1N. The predicted molar refractivity (Wildman–Crippen MR) is 62.2 cm³/mol. The second kappa shape index (κ2) is 3.51. The van der Waals surface area contributed by atoms with Gasteiger partial charge in [-0.25, -0.2) is 9.37 Å². The van der Waals surface area contributed by atoms with Gasteiger partial charge in [0.15, 0.2) is 0 Å². The van der Waals surface area contributed by atoms with Gasteiger partial charge < -0.3 is 15.5 Å². The Morgan fingerprint density at radius 1 is 1.59 bits per heavy atom. The van der Waals surface area contributed by atoms with E-state index in [0.29, 0.717) is 18.7 Å². The van der Waals surface area contributed by atoms with Gasteiger partial charge in [-0.05, 0) is 25.1 Å². The molecule has 90 valence electrons. The van der Waals surface area contributed by atoms with Crippen molar-refractivity contribution in [2.75, 3.05) is 13.2 Å². The predicted octanol–water partition coefficient (Wildman–Crippen LogP) is 1.32. The number of aromatic amines is 1. The number of nitrogens with zero attached hydrogens (tertiary/aromatic N) is 1. The standard InChI is InChI=1S/C12H14FN3O/c1-12(6-17-5-10(12)14)11-15-8-3-2-7(13)4-9(8)16-11/h2-4,10H,5-6,14H2,1H3,(H,15,16). The van der Waals surface area contributed by atoms with Crippen LogP contribution in [-0.4, -0.2) is 29.2 Å². The number of H-pyrrole nitrogens is 1. The first kappa shape index (κ1) is 10.7. The summed E-state index contributed by atoms with van der Waals surface area (Å²) in [4.78, 5) is 7.61. The highest BCUT2D eigenvalue weighted by Gasteiger charge is 2.41. The van der Waals surface area contributed by atoms with Crippen molar-refractivity contribution in [2.45, 2.75) is 18.4 Å². The summed E-state index contributed by atoms with van der Waals surface area (Å²) in [5.41, 5.74) is 7.16. The summed E-state index contributed by atoms with van der Waals surface area (Å²) in [5.74, 6) is 0.493. The van der Waals surface area contributed by atoms with Crippen LogP contribution in [0.5, 0.6) is 0 Å². The van der Waals surface area contributed by atoms with Crippen LogP contribution in [0, 0.1) is 5.82 Å². The maximum atomic E-state index is 13.1. The second-order valence-corrected chi connectivity index (χ2v) is 4.79. The van der Waals surface area contributed by atoms with Crippen molar-refractivity contribution >= 4 is 11.0 Å². The molecule has 4 nitrogen and oxygen atoms in total. The maximum absolute atomic E-state index is 13.1. The lowest BCUT2D eigenvalue weighted by molar-refractivity contribution is 0.178. The molecule has 0 bridgehead atoms. The van der Waals surface area contributed by atoms with Gasteiger partial charge in [0.25, 0.3) is 0 Å². The lowest BCUT2D eigenvalue weighted by Gasteiger charge is -2.23. The first-order chi connectivity index (χ1) is 8.09. The number of hydrogen-bond donors (Lipinski definition) is 2. The molecule has 3 N–H and O–H groups in total. The van der Waals surface area contributed by atoms with Gasteiger partial charge >= 0.3 is 0 Å². The van der Waals surface area contributed by atoms with Crippen molar-refractivity contribution in [3.63, 3.8) is 0 Å². The minimum absolute atomic E-state index is 0.0899.